The topological polar surface area (TPSA) is 49.2 Å². The smallest absolute Gasteiger partial charge is 0.208 e. The zero-order chi connectivity index (χ0) is 15.6. The van der Waals surface area contributed by atoms with Gasteiger partial charge in [0.1, 0.15) is 10.8 Å². The van der Waals surface area contributed by atoms with Crippen LogP contribution in [-0.4, -0.2) is 35.0 Å². The van der Waals surface area contributed by atoms with Gasteiger partial charge in [0.2, 0.25) is 5.13 Å². The largest absolute Gasteiger partial charge is 0.396 e. The molecule has 22 heavy (non-hydrogen) atoms. The van der Waals surface area contributed by atoms with Crippen LogP contribution < -0.4 is 4.90 Å². The predicted molar refractivity (Wildman–Crippen MR) is 85.8 cm³/mol. The van der Waals surface area contributed by atoms with Gasteiger partial charge in [-0.2, -0.15) is 0 Å². The maximum Gasteiger partial charge on any atom is 0.208 e. The first-order chi connectivity index (χ1) is 10.6. The summed E-state index contributed by atoms with van der Waals surface area (Å²) in [5, 5.41) is 19.9. The zero-order valence-corrected chi connectivity index (χ0v) is 13.4. The summed E-state index contributed by atoms with van der Waals surface area (Å²) >= 11 is 1.58. The summed E-state index contributed by atoms with van der Waals surface area (Å²) in [5.41, 5.74) is 0.976. The first-order valence-electron chi connectivity index (χ1n) is 7.51. The van der Waals surface area contributed by atoms with Crippen molar-refractivity contribution in [1.82, 2.24) is 10.2 Å². The molecular formula is C16H20FN3OS. The minimum atomic E-state index is -0.224. The van der Waals surface area contributed by atoms with Crippen molar-refractivity contribution in [3.8, 4) is 0 Å². The second kappa shape index (κ2) is 6.30. The number of hydrogen-bond acceptors (Lipinski definition) is 5. The maximum atomic E-state index is 12.9. The molecule has 1 N–H and O–H groups in total. The monoisotopic (exact) mass is 321 g/mol. The molecule has 2 heterocycles. The van der Waals surface area contributed by atoms with E-state index in [0.717, 1.165) is 41.6 Å². The van der Waals surface area contributed by atoms with Gasteiger partial charge in [-0.3, -0.25) is 0 Å². The van der Waals surface area contributed by atoms with Gasteiger partial charge in [-0.25, -0.2) is 4.39 Å². The van der Waals surface area contributed by atoms with E-state index >= 15 is 0 Å². The van der Waals surface area contributed by atoms with Crippen LogP contribution in [-0.2, 0) is 6.42 Å². The Labute approximate surface area is 133 Å². The summed E-state index contributed by atoms with van der Waals surface area (Å²) in [4.78, 5) is 2.21. The van der Waals surface area contributed by atoms with Crippen LogP contribution in [0.25, 0.3) is 0 Å². The van der Waals surface area contributed by atoms with Crippen LogP contribution in [0, 0.1) is 11.2 Å². The highest BCUT2D eigenvalue weighted by Gasteiger charge is 2.31. The van der Waals surface area contributed by atoms with Crippen molar-refractivity contribution in [2.45, 2.75) is 26.2 Å². The van der Waals surface area contributed by atoms with E-state index in [9.17, 15) is 9.50 Å². The molecule has 1 aliphatic heterocycles. The van der Waals surface area contributed by atoms with Crippen molar-refractivity contribution < 1.29 is 9.50 Å². The Hall–Kier alpha value is -1.53. The fourth-order valence-corrected chi connectivity index (χ4v) is 3.73. The molecule has 1 unspecified atom stereocenters. The summed E-state index contributed by atoms with van der Waals surface area (Å²) in [6, 6.07) is 6.49. The number of anilines is 1. The molecule has 1 aromatic heterocycles. The molecule has 6 heteroatoms. The lowest BCUT2D eigenvalue weighted by molar-refractivity contribution is 0.123. The number of aliphatic hydroxyl groups excluding tert-OH is 1. The second-order valence-corrected chi connectivity index (χ2v) is 7.32. The lowest BCUT2D eigenvalue weighted by Gasteiger charge is -2.38. The molecule has 118 valence electrons. The summed E-state index contributed by atoms with van der Waals surface area (Å²) in [5.74, 6) is -0.224. The third-order valence-corrected chi connectivity index (χ3v) is 5.14. The number of hydrogen-bond donors (Lipinski definition) is 1. The molecule has 0 amide bonds. The number of halogens is 1. The molecule has 1 aromatic carbocycles. The van der Waals surface area contributed by atoms with Crippen LogP contribution in [0.5, 0.6) is 0 Å². The Kier molecular flexibility index (Phi) is 4.40. The van der Waals surface area contributed by atoms with Gasteiger partial charge in [-0.15, -0.1) is 10.2 Å². The van der Waals surface area contributed by atoms with Gasteiger partial charge in [-0.1, -0.05) is 30.4 Å². The van der Waals surface area contributed by atoms with Crippen molar-refractivity contribution in [3.63, 3.8) is 0 Å². The Morgan fingerprint density at radius 2 is 2.09 bits per heavy atom. The molecule has 0 saturated carbocycles. The number of aromatic nitrogens is 2. The molecule has 0 aliphatic carbocycles. The summed E-state index contributed by atoms with van der Waals surface area (Å²) < 4.78 is 12.9. The van der Waals surface area contributed by atoms with Gasteiger partial charge in [-0.05, 0) is 30.5 Å². The van der Waals surface area contributed by atoms with Crippen LogP contribution in [0.15, 0.2) is 24.3 Å². The number of rotatable bonds is 4. The summed E-state index contributed by atoms with van der Waals surface area (Å²) in [7, 11) is 0. The van der Waals surface area contributed by atoms with Gasteiger partial charge >= 0.3 is 0 Å². The molecule has 4 nitrogen and oxygen atoms in total. The molecule has 1 fully saturated rings. The zero-order valence-electron chi connectivity index (χ0n) is 12.6. The van der Waals surface area contributed by atoms with Gasteiger partial charge < -0.3 is 10.0 Å². The van der Waals surface area contributed by atoms with Crippen molar-refractivity contribution >= 4 is 16.5 Å². The number of piperidine rings is 1. The number of aliphatic hydroxyl groups is 1. The van der Waals surface area contributed by atoms with Gasteiger partial charge in [0.05, 0.1) is 6.61 Å². The molecule has 0 spiro atoms. The van der Waals surface area contributed by atoms with E-state index in [0.29, 0.717) is 6.42 Å². The first-order valence-corrected chi connectivity index (χ1v) is 8.32. The highest BCUT2D eigenvalue weighted by Crippen LogP contribution is 2.33. The van der Waals surface area contributed by atoms with Crippen molar-refractivity contribution in [2.24, 2.45) is 5.41 Å². The van der Waals surface area contributed by atoms with Gasteiger partial charge in [0.25, 0.3) is 0 Å². The average molecular weight is 321 g/mol. The minimum Gasteiger partial charge on any atom is -0.396 e. The summed E-state index contributed by atoms with van der Waals surface area (Å²) in [6.07, 6.45) is 2.77. The minimum absolute atomic E-state index is 0.0545. The van der Waals surface area contributed by atoms with E-state index in [1.165, 1.54) is 12.1 Å². The van der Waals surface area contributed by atoms with Gasteiger partial charge in [0.15, 0.2) is 0 Å². The van der Waals surface area contributed by atoms with Crippen molar-refractivity contribution in [1.29, 1.82) is 0 Å². The molecule has 0 radical (unpaired) electrons. The van der Waals surface area contributed by atoms with Crippen molar-refractivity contribution in [3.05, 3.63) is 40.7 Å². The highest BCUT2D eigenvalue weighted by molar-refractivity contribution is 7.15. The third-order valence-electron chi connectivity index (χ3n) is 4.16. The Morgan fingerprint density at radius 3 is 2.82 bits per heavy atom. The molecule has 2 aromatic rings. The van der Waals surface area contributed by atoms with Crippen LogP contribution >= 0.6 is 11.3 Å². The van der Waals surface area contributed by atoms with E-state index < -0.39 is 0 Å². The standard InChI is InChI=1S/C16H20FN3OS/c1-16(11-21)7-2-8-20(10-16)15-19-18-14(22-15)9-12-3-5-13(17)6-4-12/h3-6,21H,2,7-11H2,1H3. The van der Waals surface area contributed by atoms with Gasteiger partial charge in [0, 0.05) is 24.9 Å². The van der Waals surface area contributed by atoms with Crippen LogP contribution in [0.3, 0.4) is 0 Å². The fourth-order valence-electron chi connectivity index (χ4n) is 2.83. The Bertz CT molecular complexity index is 631. The lowest BCUT2D eigenvalue weighted by Crippen LogP contribution is -2.43. The SMILES string of the molecule is CC1(CO)CCCN(c2nnc(Cc3ccc(F)cc3)s2)C1. The van der Waals surface area contributed by atoms with E-state index in [-0.39, 0.29) is 17.8 Å². The van der Waals surface area contributed by atoms with Crippen LogP contribution in [0.4, 0.5) is 9.52 Å². The fraction of sp³-hybridized carbons (Fsp3) is 0.500. The van der Waals surface area contributed by atoms with E-state index in [1.54, 1.807) is 23.5 Å². The first kappa shape index (κ1) is 15.4. The van der Waals surface area contributed by atoms with Crippen LogP contribution in [0.2, 0.25) is 0 Å². The quantitative estimate of drug-likeness (QED) is 0.941. The summed E-state index contributed by atoms with van der Waals surface area (Å²) in [6.45, 7) is 4.08. The predicted octanol–water partition coefficient (Wildman–Crippen LogP) is 2.87. The normalized spacial score (nSPS) is 22.0. The molecule has 1 atom stereocenters. The van der Waals surface area contributed by atoms with Crippen LogP contribution in [0.1, 0.15) is 30.3 Å². The number of nitrogens with zero attached hydrogens (tertiary/aromatic N) is 3. The van der Waals surface area contributed by atoms with E-state index in [1.807, 2.05) is 0 Å². The highest BCUT2D eigenvalue weighted by atomic mass is 32.1. The Morgan fingerprint density at radius 1 is 1.32 bits per heavy atom. The van der Waals surface area contributed by atoms with Crippen molar-refractivity contribution in [2.75, 3.05) is 24.6 Å². The van der Waals surface area contributed by atoms with E-state index in [4.69, 9.17) is 0 Å². The molecule has 3 rings (SSSR count). The average Bonchev–Trinajstić information content (AvgIpc) is 2.98. The number of benzene rings is 1. The molecular weight excluding hydrogens is 301 g/mol. The maximum absolute atomic E-state index is 12.9. The van der Waals surface area contributed by atoms with E-state index in [2.05, 4.69) is 22.0 Å². The third kappa shape index (κ3) is 3.44. The Balaban J connectivity index is 1.69. The second-order valence-electron chi connectivity index (χ2n) is 6.28. The molecule has 1 aliphatic rings. The molecule has 1 saturated heterocycles. The molecule has 0 bridgehead atoms. The lowest BCUT2D eigenvalue weighted by atomic mass is 9.83.